The first-order chi connectivity index (χ1) is 8.75. The third kappa shape index (κ3) is 3.73. The van der Waals surface area contributed by atoms with Crippen molar-refractivity contribution in [1.82, 2.24) is 0 Å². The van der Waals surface area contributed by atoms with Crippen LogP contribution in [0.5, 0.6) is 11.5 Å². The van der Waals surface area contributed by atoms with Crippen LogP contribution in [0, 0.1) is 0 Å². The van der Waals surface area contributed by atoms with E-state index < -0.39 is 8.03 Å². The highest BCUT2D eigenvalue weighted by molar-refractivity contribution is 7.37. The summed E-state index contributed by atoms with van der Waals surface area (Å²) in [7, 11) is -2.43. The van der Waals surface area contributed by atoms with Gasteiger partial charge in [0.05, 0.1) is 0 Å². The van der Waals surface area contributed by atoms with Gasteiger partial charge in [-0.3, -0.25) is 4.57 Å². The van der Waals surface area contributed by atoms with Crippen LogP contribution in [0.25, 0.3) is 0 Å². The van der Waals surface area contributed by atoms with E-state index in [-0.39, 0.29) is 0 Å². The number of ether oxygens (including phenoxy) is 1. The molecule has 0 aliphatic rings. The van der Waals surface area contributed by atoms with E-state index in [1.54, 1.807) is 0 Å². The Kier molecular flexibility index (Phi) is 4.57. The second-order valence-corrected chi connectivity index (χ2v) is 5.20. The Morgan fingerprint density at radius 3 is 2.39 bits per heavy atom. The van der Waals surface area contributed by atoms with Gasteiger partial charge in [-0.05, 0) is 30.2 Å². The van der Waals surface area contributed by atoms with Crippen molar-refractivity contribution in [1.29, 1.82) is 0 Å². The second kappa shape index (κ2) is 6.39. The smallest absolute Gasteiger partial charge is 0.189 e. The van der Waals surface area contributed by atoms with Gasteiger partial charge in [-0.2, -0.15) is 0 Å². The monoisotopic (exact) mass is 262 g/mol. The van der Waals surface area contributed by atoms with Gasteiger partial charge in [-0.1, -0.05) is 36.4 Å². The molecule has 0 radical (unpaired) electrons. The fraction of sp³-hybridized carbons (Fsp3) is 0.143. The molecule has 0 saturated heterocycles. The van der Waals surface area contributed by atoms with Gasteiger partial charge in [0.25, 0.3) is 0 Å². The van der Waals surface area contributed by atoms with Crippen LogP contribution in [-0.4, -0.2) is 11.1 Å². The van der Waals surface area contributed by atoms with Crippen molar-refractivity contribution < 1.29 is 14.2 Å². The van der Waals surface area contributed by atoms with Crippen molar-refractivity contribution in [3.63, 3.8) is 0 Å². The molecule has 0 amide bonds. The number of hydrogen-bond donors (Lipinski definition) is 1. The molecule has 1 N–H and O–H groups in total. The molecule has 4 heteroatoms. The Hall–Kier alpha value is -1.57. The van der Waals surface area contributed by atoms with E-state index in [4.69, 9.17) is 9.63 Å². The van der Waals surface area contributed by atoms with Crippen LogP contribution in [0.1, 0.15) is 5.56 Å². The molecule has 0 aliphatic heterocycles. The molecule has 0 aliphatic carbocycles. The standard InChI is InChI=1S/C14H15O3P/c15-18(16)11-10-12-6-4-5-9-14(12)17-13-7-2-1-3-8-13/h1-9,18H,10-11H2,(H,15,16). The maximum atomic E-state index is 10.8. The van der Waals surface area contributed by atoms with Crippen molar-refractivity contribution in [3.05, 3.63) is 60.2 Å². The minimum absolute atomic E-state index is 0.291. The molecule has 0 bridgehead atoms. The van der Waals surface area contributed by atoms with E-state index in [1.807, 2.05) is 54.6 Å². The summed E-state index contributed by atoms with van der Waals surface area (Å²) in [5.41, 5.74) is 0.953. The Morgan fingerprint density at radius 1 is 1.00 bits per heavy atom. The molecule has 0 aromatic heterocycles. The minimum atomic E-state index is -2.43. The summed E-state index contributed by atoms with van der Waals surface area (Å²) >= 11 is 0. The molecule has 2 aromatic rings. The lowest BCUT2D eigenvalue weighted by Gasteiger charge is -2.10. The van der Waals surface area contributed by atoms with Crippen LogP contribution in [0.3, 0.4) is 0 Å². The zero-order valence-electron chi connectivity index (χ0n) is 9.87. The largest absolute Gasteiger partial charge is 0.457 e. The van der Waals surface area contributed by atoms with E-state index in [9.17, 15) is 4.57 Å². The summed E-state index contributed by atoms with van der Waals surface area (Å²) < 4.78 is 16.6. The van der Waals surface area contributed by atoms with Crippen molar-refractivity contribution >= 4 is 8.03 Å². The maximum Gasteiger partial charge on any atom is 0.189 e. The molecule has 0 saturated carbocycles. The van der Waals surface area contributed by atoms with Gasteiger partial charge in [0.1, 0.15) is 11.5 Å². The highest BCUT2D eigenvalue weighted by Crippen LogP contribution is 2.27. The predicted octanol–water partition coefficient (Wildman–Crippen LogP) is 3.49. The molecule has 0 spiro atoms. The highest BCUT2D eigenvalue weighted by atomic mass is 31.1. The Balaban J connectivity index is 2.14. The van der Waals surface area contributed by atoms with Crippen LogP contribution in [0.15, 0.2) is 54.6 Å². The fourth-order valence-corrected chi connectivity index (χ4v) is 2.15. The van der Waals surface area contributed by atoms with E-state index in [0.717, 1.165) is 17.1 Å². The predicted molar refractivity (Wildman–Crippen MR) is 72.7 cm³/mol. The highest BCUT2D eigenvalue weighted by Gasteiger charge is 2.05. The van der Waals surface area contributed by atoms with E-state index >= 15 is 0 Å². The Bertz CT molecular complexity index is 526. The average molecular weight is 262 g/mol. The molecule has 3 nitrogen and oxygen atoms in total. The van der Waals surface area contributed by atoms with Crippen molar-refractivity contribution in [2.45, 2.75) is 6.42 Å². The summed E-state index contributed by atoms with van der Waals surface area (Å²) in [6.45, 7) is 0. The Labute approximate surface area is 107 Å². The first-order valence-electron chi connectivity index (χ1n) is 5.78. The van der Waals surface area contributed by atoms with Crippen LogP contribution in [0.4, 0.5) is 0 Å². The lowest BCUT2D eigenvalue weighted by Crippen LogP contribution is -1.93. The molecule has 2 rings (SSSR count). The average Bonchev–Trinajstić information content (AvgIpc) is 2.39. The second-order valence-electron chi connectivity index (χ2n) is 3.92. The minimum Gasteiger partial charge on any atom is -0.457 e. The van der Waals surface area contributed by atoms with Gasteiger partial charge in [0, 0.05) is 6.16 Å². The summed E-state index contributed by atoms with van der Waals surface area (Å²) in [5.74, 6) is 1.51. The zero-order chi connectivity index (χ0) is 12.8. The third-order valence-corrected chi connectivity index (χ3v) is 3.23. The Morgan fingerprint density at radius 2 is 1.67 bits per heavy atom. The van der Waals surface area contributed by atoms with Gasteiger partial charge in [-0.15, -0.1) is 0 Å². The van der Waals surface area contributed by atoms with Gasteiger partial charge in [0.15, 0.2) is 8.03 Å². The number of hydrogen-bond acceptors (Lipinski definition) is 2. The summed E-state index contributed by atoms with van der Waals surface area (Å²) in [6.07, 6.45) is 0.844. The van der Waals surface area contributed by atoms with Gasteiger partial charge in [0.2, 0.25) is 0 Å². The SMILES string of the molecule is O=[PH](O)CCc1ccccc1Oc1ccccc1. The fourth-order valence-electron chi connectivity index (χ4n) is 1.67. The van der Waals surface area contributed by atoms with Crippen LogP contribution in [-0.2, 0) is 11.0 Å². The molecule has 1 unspecified atom stereocenters. The normalized spacial score (nSPS) is 12.1. The summed E-state index contributed by atoms with van der Waals surface area (Å²) in [5, 5.41) is 0. The number of aryl methyl sites for hydroxylation is 1. The van der Waals surface area contributed by atoms with Gasteiger partial charge < -0.3 is 9.63 Å². The van der Waals surface area contributed by atoms with Gasteiger partial charge in [-0.25, -0.2) is 0 Å². The van der Waals surface area contributed by atoms with Crippen LogP contribution >= 0.6 is 8.03 Å². The van der Waals surface area contributed by atoms with Crippen molar-refractivity contribution in [2.75, 3.05) is 6.16 Å². The van der Waals surface area contributed by atoms with E-state index in [1.165, 1.54) is 0 Å². The quantitative estimate of drug-likeness (QED) is 0.839. The summed E-state index contributed by atoms with van der Waals surface area (Å²) in [4.78, 5) is 8.90. The van der Waals surface area contributed by atoms with Crippen LogP contribution < -0.4 is 4.74 Å². The maximum absolute atomic E-state index is 10.8. The zero-order valence-corrected chi connectivity index (χ0v) is 10.9. The number of para-hydroxylation sites is 2. The lowest BCUT2D eigenvalue weighted by molar-refractivity contribution is 0.476. The first-order valence-corrected chi connectivity index (χ1v) is 7.34. The molecule has 0 fully saturated rings. The summed E-state index contributed by atoms with van der Waals surface area (Å²) in [6, 6.07) is 17.1. The molecule has 2 aromatic carbocycles. The number of benzene rings is 2. The molecule has 18 heavy (non-hydrogen) atoms. The molecule has 0 heterocycles. The van der Waals surface area contributed by atoms with E-state index in [2.05, 4.69) is 0 Å². The van der Waals surface area contributed by atoms with Gasteiger partial charge >= 0.3 is 0 Å². The third-order valence-electron chi connectivity index (χ3n) is 2.55. The first kappa shape index (κ1) is 12.9. The van der Waals surface area contributed by atoms with Crippen molar-refractivity contribution in [2.24, 2.45) is 0 Å². The number of rotatable bonds is 5. The lowest BCUT2D eigenvalue weighted by atomic mass is 10.1. The molecule has 1 atom stereocenters. The molecular formula is C14H15O3P. The van der Waals surface area contributed by atoms with E-state index in [0.29, 0.717) is 12.6 Å². The molecule has 94 valence electrons. The molecular weight excluding hydrogens is 247 g/mol. The topological polar surface area (TPSA) is 46.5 Å². The van der Waals surface area contributed by atoms with Crippen LogP contribution in [0.2, 0.25) is 0 Å². The van der Waals surface area contributed by atoms with Crippen molar-refractivity contribution in [3.8, 4) is 11.5 Å².